The lowest BCUT2D eigenvalue weighted by Gasteiger charge is -2.28. The second-order valence-electron chi connectivity index (χ2n) is 13.8. The highest BCUT2D eigenvalue weighted by atomic mass is 16.5. The third kappa shape index (κ3) is 8.69. The Morgan fingerprint density at radius 1 is 0.843 bits per heavy atom. The molecule has 2 fully saturated rings. The van der Waals surface area contributed by atoms with E-state index in [0.717, 1.165) is 110 Å². The summed E-state index contributed by atoms with van der Waals surface area (Å²) >= 11 is 0. The fourth-order valence-corrected chi connectivity index (χ4v) is 7.66. The van der Waals surface area contributed by atoms with E-state index in [2.05, 4.69) is 87.9 Å². The highest BCUT2D eigenvalue weighted by Crippen LogP contribution is 2.34. The number of hydrogen-bond donors (Lipinski definition) is 5. The van der Waals surface area contributed by atoms with Gasteiger partial charge in [-0.25, -0.2) is 14.8 Å². The van der Waals surface area contributed by atoms with Gasteiger partial charge in [0.05, 0.1) is 48.6 Å². The van der Waals surface area contributed by atoms with Gasteiger partial charge in [0.15, 0.2) is 0 Å². The molecule has 0 radical (unpaired) electrons. The lowest BCUT2D eigenvalue weighted by molar-refractivity contribution is -0.135. The number of nitrogens with one attached hydrogen (secondary N) is 4. The number of likely N-dealkylation sites (tertiary alicyclic amines) is 2. The van der Waals surface area contributed by atoms with E-state index in [-0.39, 0.29) is 30.1 Å². The Hall–Kier alpha value is -4.52. The number of aromatic amines is 2. The van der Waals surface area contributed by atoms with Gasteiger partial charge in [-0.15, -0.1) is 0 Å². The van der Waals surface area contributed by atoms with Crippen LogP contribution in [0.5, 0.6) is 0 Å². The van der Waals surface area contributed by atoms with E-state index < -0.39 is 6.09 Å². The molecular weight excluding hydrogens is 644 g/mol. The predicted molar refractivity (Wildman–Crippen MR) is 198 cm³/mol. The largest absolute Gasteiger partial charge is 0.465 e. The lowest BCUT2D eigenvalue weighted by atomic mass is 10.0. The van der Waals surface area contributed by atoms with Crippen LogP contribution in [-0.2, 0) is 9.53 Å². The molecule has 2 aromatic carbocycles. The number of carbonyl (C=O) groups excluding carboxylic acids is 1. The third-order valence-electron chi connectivity index (χ3n) is 10.2. The fraction of sp³-hybridized carbons (Fsp3) is 0.487. The van der Waals surface area contributed by atoms with Crippen LogP contribution in [0.3, 0.4) is 0 Å². The van der Waals surface area contributed by atoms with E-state index in [9.17, 15) is 14.7 Å². The average Bonchev–Trinajstić information content (AvgIpc) is 3.97. The maximum Gasteiger partial charge on any atom is 0.404 e. The van der Waals surface area contributed by atoms with Crippen LogP contribution in [0, 0.1) is 0 Å². The topological polar surface area (TPSA) is 151 Å². The molecular formula is C39H52N8O4. The number of aromatic nitrogens is 4. The maximum atomic E-state index is 13.5. The average molecular weight is 697 g/mol. The van der Waals surface area contributed by atoms with Gasteiger partial charge in [-0.05, 0) is 67.3 Å². The molecule has 12 nitrogen and oxygen atoms in total. The van der Waals surface area contributed by atoms with Crippen LogP contribution >= 0.6 is 0 Å². The normalized spacial score (nSPS) is 19.0. The fourth-order valence-electron chi connectivity index (χ4n) is 7.66. The molecule has 4 atom stereocenters. The van der Waals surface area contributed by atoms with Crippen LogP contribution in [0.2, 0.25) is 0 Å². The summed E-state index contributed by atoms with van der Waals surface area (Å²) in [4.78, 5) is 45.6. The standard InChI is InChI=1S/C39H52N8O4/c1-4-8-30(43-39(49)50)24-46-20-6-10-34(46)36-40-22-32(44-36)28-16-12-26(13-17-28)27-14-18-29(19-15-27)33-23-41-37(45-33)35-11-7-21-47(35)38(48)31(9-5-2)42-25-51-3/h12-19,22-23,30-31,34-35,42-43H,4-11,20-21,24-25H2,1-3H3,(H,40,44)(H,41,45)(H,49,50)/t30-,31-,34-,35-/m0/s1. The summed E-state index contributed by atoms with van der Waals surface area (Å²) in [5, 5.41) is 15.2. The number of benzene rings is 2. The number of ether oxygens (including phenoxy) is 1. The van der Waals surface area contributed by atoms with Gasteiger partial charge in [0.2, 0.25) is 5.91 Å². The SMILES string of the molecule is CCC[C@@H](CN1CCC[C@H]1c1ncc(-c2ccc(-c3ccc(-c4cnc([C@@H]5CCCN5C(=O)[C@H](CCC)NCOC)[nH]4)cc3)cc2)[nH]1)NC(=O)O. The first-order chi connectivity index (χ1) is 24.9. The number of nitrogens with zero attached hydrogens (tertiary/aromatic N) is 4. The molecule has 2 aliphatic heterocycles. The Kier molecular flexibility index (Phi) is 12.2. The van der Waals surface area contributed by atoms with E-state index in [0.29, 0.717) is 13.3 Å². The van der Waals surface area contributed by atoms with E-state index >= 15 is 0 Å². The summed E-state index contributed by atoms with van der Waals surface area (Å²) < 4.78 is 5.18. The molecule has 272 valence electrons. The molecule has 2 saturated heterocycles. The van der Waals surface area contributed by atoms with Crippen LogP contribution in [-0.4, -0.2) is 92.4 Å². The molecule has 4 aromatic rings. The number of methoxy groups -OCH3 is 1. The van der Waals surface area contributed by atoms with Gasteiger partial charge in [-0.3, -0.25) is 15.0 Å². The van der Waals surface area contributed by atoms with Crippen molar-refractivity contribution >= 4 is 12.0 Å². The lowest BCUT2D eigenvalue weighted by Crippen LogP contribution is -2.46. The summed E-state index contributed by atoms with van der Waals surface area (Å²) in [6.07, 6.45) is 10.1. The predicted octanol–water partition coefficient (Wildman–Crippen LogP) is 6.73. The summed E-state index contributed by atoms with van der Waals surface area (Å²) in [7, 11) is 1.63. The smallest absolute Gasteiger partial charge is 0.404 e. The summed E-state index contributed by atoms with van der Waals surface area (Å²) in [5.74, 6) is 1.87. The summed E-state index contributed by atoms with van der Waals surface area (Å²) in [6, 6.07) is 16.7. The van der Waals surface area contributed by atoms with Gasteiger partial charge in [-0.1, -0.05) is 75.2 Å². The molecule has 0 spiro atoms. The van der Waals surface area contributed by atoms with Crippen molar-refractivity contribution in [2.75, 3.05) is 33.5 Å². The Morgan fingerprint density at radius 2 is 1.39 bits per heavy atom. The van der Waals surface area contributed by atoms with Crippen molar-refractivity contribution in [3.8, 4) is 33.6 Å². The third-order valence-corrected chi connectivity index (χ3v) is 10.2. The second-order valence-corrected chi connectivity index (χ2v) is 13.8. The van der Waals surface area contributed by atoms with E-state index in [1.54, 1.807) is 7.11 Å². The van der Waals surface area contributed by atoms with Gasteiger partial charge in [0.1, 0.15) is 11.6 Å². The first-order valence-corrected chi connectivity index (χ1v) is 18.5. The number of carbonyl (C=O) groups is 2. The van der Waals surface area contributed by atoms with Crippen molar-refractivity contribution in [3.63, 3.8) is 0 Å². The number of rotatable bonds is 16. The van der Waals surface area contributed by atoms with Gasteiger partial charge >= 0.3 is 6.09 Å². The summed E-state index contributed by atoms with van der Waals surface area (Å²) in [5.41, 5.74) is 6.25. The van der Waals surface area contributed by atoms with E-state index in [4.69, 9.17) is 14.7 Å². The molecule has 0 bridgehead atoms. The zero-order valence-corrected chi connectivity index (χ0v) is 30.0. The molecule has 51 heavy (non-hydrogen) atoms. The minimum atomic E-state index is -0.968. The monoisotopic (exact) mass is 696 g/mol. The zero-order chi connectivity index (χ0) is 35.7. The molecule has 2 aliphatic rings. The molecule has 6 rings (SSSR count). The van der Waals surface area contributed by atoms with Gasteiger partial charge < -0.3 is 30.0 Å². The van der Waals surface area contributed by atoms with Crippen molar-refractivity contribution in [2.24, 2.45) is 0 Å². The molecule has 2 aromatic heterocycles. The van der Waals surface area contributed by atoms with Crippen LogP contribution in [0.15, 0.2) is 60.9 Å². The first-order valence-electron chi connectivity index (χ1n) is 18.5. The number of carboxylic acid groups (broad SMARTS) is 1. The van der Waals surface area contributed by atoms with E-state index in [1.165, 1.54) is 0 Å². The molecule has 5 N–H and O–H groups in total. The number of hydrogen-bond acceptors (Lipinski definition) is 7. The van der Waals surface area contributed by atoms with Crippen molar-refractivity contribution < 1.29 is 19.4 Å². The molecule has 12 heteroatoms. The van der Waals surface area contributed by atoms with Crippen LogP contribution < -0.4 is 10.6 Å². The molecule has 0 unspecified atom stereocenters. The molecule has 4 heterocycles. The highest BCUT2D eigenvalue weighted by molar-refractivity contribution is 5.82. The Morgan fingerprint density at radius 3 is 1.96 bits per heavy atom. The molecule has 0 aliphatic carbocycles. The van der Waals surface area contributed by atoms with Crippen molar-refractivity contribution in [1.29, 1.82) is 0 Å². The summed E-state index contributed by atoms with van der Waals surface area (Å²) in [6.45, 7) is 6.87. The maximum absolute atomic E-state index is 13.5. The molecule has 0 saturated carbocycles. The number of amides is 2. The van der Waals surface area contributed by atoms with Crippen LogP contribution in [0.4, 0.5) is 4.79 Å². The first kappa shape index (κ1) is 36.3. The quantitative estimate of drug-likeness (QED) is 0.0809. The zero-order valence-electron chi connectivity index (χ0n) is 30.0. The van der Waals surface area contributed by atoms with Gasteiger partial charge in [0, 0.05) is 26.2 Å². The van der Waals surface area contributed by atoms with Crippen LogP contribution in [0.25, 0.3) is 33.6 Å². The van der Waals surface area contributed by atoms with Crippen molar-refractivity contribution in [1.82, 2.24) is 40.4 Å². The Bertz CT molecular complexity index is 1720. The minimum absolute atomic E-state index is 0.0601. The van der Waals surface area contributed by atoms with Gasteiger partial charge in [-0.2, -0.15) is 0 Å². The molecule has 2 amide bonds. The van der Waals surface area contributed by atoms with Crippen molar-refractivity contribution in [3.05, 3.63) is 72.6 Å². The van der Waals surface area contributed by atoms with E-state index in [1.807, 2.05) is 17.3 Å². The number of imidazole rings is 2. The van der Waals surface area contributed by atoms with Crippen LogP contribution in [0.1, 0.15) is 88.9 Å². The Balaban J connectivity index is 1.09. The Labute approximate surface area is 300 Å². The second kappa shape index (κ2) is 17.1. The minimum Gasteiger partial charge on any atom is -0.465 e. The number of H-pyrrole nitrogens is 2. The van der Waals surface area contributed by atoms with Gasteiger partial charge in [0.25, 0.3) is 0 Å². The highest BCUT2D eigenvalue weighted by Gasteiger charge is 2.35. The van der Waals surface area contributed by atoms with Crippen molar-refractivity contribution in [2.45, 2.75) is 89.4 Å².